The lowest BCUT2D eigenvalue weighted by atomic mass is 10.2. The number of nitrogens with one attached hydrogen (secondary N) is 1. The Morgan fingerprint density at radius 3 is 2.95 bits per heavy atom. The smallest absolute Gasteiger partial charge is 0.337 e. The molecule has 2 rings (SSSR count). The van der Waals surface area contributed by atoms with Crippen molar-refractivity contribution in [2.75, 3.05) is 32.6 Å². The van der Waals surface area contributed by atoms with Gasteiger partial charge in [0.2, 0.25) is 0 Å². The molecule has 0 saturated carbocycles. The number of anilines is 1. The summed E-state index contributed by atoms with van der Waals surface area (Å²) in [5.41, 5.74) is 0.0716. The van der Waals surface area contributed by atoms with Gasteiger partial charge in [-0.05, 0) is 13.1 Å². The molecule has 0 aliphatic carbocycles. The van der Waals surface area contributed by atoms with Crippen molar-refractivity contribution in [2.24, 2.45) is 0 Å². The largest absolute Gasteiger partial charge is 0.478 e. The third-order valence-electron chi connectivity index (χ3n) is 3.16. The third-order valence-corrected chi connectivity index (χ3v) is 3.45. The second kappa shape index (κ2) is 5.73. The van der Waals surface area contributed by atoms with Crippen LogP contribution >= 0.6 is 11.6 Å². The molecule has 2 atom stereocenters. The molecule has 7 heteroatoms. The van der Waals surface area contributed by atoms with E-state index in [-0.39, 0.29) is 17.7 Å². The molecule has 2 heterocycles. The first-order valence-corrected chi connectivity index (χ1v) is 6.25. The van der Waals surface area contributed by atoms with Crippen molar-refractivity contribution in [1.29, 1.82) is 0 Å². The molecule has 0 radical (unpaired) electrons. The first-order chi connectivity index (χ1) is 9.01. The normalized spacial score (nSPS) is 23.5. The maximum Gasteiger partial charge on any atom is 0.337 e. The van der Waals surface area contributed by atoms with Crippen LogP contribution in [0.2, 0.25) is 5.02 Å². The number of aromatic nitrogens is 1. The van der Waals surface area contributed by atoms with Crippen molar-refractivity contribution >= 4 is 23.4 Å². The summed E-state index contributed by atoms with van der Waals surface area (Å²) in [6.07, 6.45) is 1.35. The highest BCUT2D eigenvalue weighted by Crippen LogP contribution is 2.23. The van der Waals surface area contributed by atoms with Gasteiger partial charge in [-0.1, -0.05) is 11.6 Å². The monoisotopic (exact) mass is 285 g/mol. The van der Waals surface area contributed by atoms with Gasteiger partial charge in [-0.3, -0.25) is 0 Å². The van der Waals surface area contributed by atoms with Crippen molar-refractivity contribution in [3.8, 4) is 0 Å². The van der Waals surface area contributed by atoms with Crippen LogP contribution in [-0.2, 0) is 4.74 Å². The standard InChI is InChI=1S/C12H16ClN3O3/c1-16-5-9(10(6-16)19-2)15-11-8(13)3-7(4-14-11)12(17)18/h3-4,9-10H,5-6H2,1-2H3,(H,14,15)(H,17,18)/t9-,10-/m0/s1. The molecular formula is C12H16ClN3O3. The summed E-state index contributed by atoms with van der Waals surface area (Å²) in [5.74, 6) is -0.565. The predicted molar refractivity (Wildman–Crippen MR) is 71.9 cm³/mol. The van der Waals surface area contributed by atoms with E-state index in [0.29, 0.717) is 10.8 Å². The van der Waals surface area contributed by atoms with E-state index in [1.807, 2.05) is 7.05 Å². The van der Waals surface area contributed by atoms with Crippen molar-refractivity contribution in [3.63, 3.8) is 0 Å². The number of likely N-dealkylation sites (tertiary alicyclic amines) is 1. The lowest BCUT2D eigenvalue weighted by Crippen LogP contribution is -2.34. The van der Waals surface area contributed by atoms with Crippen LogP contribution in [0.15, 0.2) is 12.3 Å². The van der Waals surface area contributed by atoms with Gasteiger partial charge in [0.25, 0.3) is 0 Å². The number of nitrogens with zero attached hydrogens (tertiary/aromatic N) is 2. The van der Waals surface area contributed by atoms with E-state index in [2.05, 4.69) is 15.2 Å². The van der Waals surface area contributed by atoms with Crippen LogP contribution in [0.5, 0.6) is 0 Å². The Hall–Kier alpha value is -1.37. The zero-order chi connectivity index (χ0) is 14.0. The fourth-order valence-electron chi connectivity index (χ4n) is 2.18. The molecule has 104 valence electrons. The quantitative estimate of drug-likeness (QED) is 0.865. The lowest BCUT2D eigenvalue weighted by Gasteiger charge is -2.19. The van der Waals surface area contributed by atoms with Crippen molar-refractivity contribution in [3.05, 3.63) is 22.8 Å². The minimum Gasteiger partial charge on any atom is -0.478 e. The van der Waals surface area contributed by atoms with Gasteiger partial charge in [0, 0.05) is 26.4 Å². The average molecular weight is 286 g/mol. The van der Waals surface area contributed by atoms with Gasteiger partial charge >= 0.3 is 5.97 Å². The van der Waals surface area contributed by atoms with Gasteiger partial charge in [-0.2, -0.15) is 0 Å². The van der Waals surface area contributed by atoms with Crippen LogP contribution in [-0.4, -0.2) is 60.4 Å². The number of pyridine rings is 1. The van der Waals surface area contributed by atoms with Crippen LogP contribution in [0.1, 0.15) is 10.4 Å². The number of halogens is 1. The lowest BCUT2D eigenvalue weighted by molar-refractivity contribution is 0.0696. The minimum absolute atomic E-state index is 0.0574. The van der Waals surface area contributed by atoms with Crippen molar-refractivity contribution in [1.82, 2.24) is 9.88 Å². The highest BCUT2D eigenvalue weighted by Gasteiger charge is 2.31. The Morgan fingerprint density at radius 1 is 1.63 bits per heavy atom. The topological polar surface area (TPSA) is 74.7 Å². The number of hydrogen-bond donors (Lipinski definition) is 2. The molecule has 1 aromatic heterocycles. The van der Waals surface area contributed by atoms with Crippen molar-refractivity contribution < 1.29 is 14.6 Å². The van der Waals surface area contributed by atoms with E-state index in [4.69, 9.17) is 21.4 Å². The van der Waals surface area contributed by atoms with Gasteiger partial charge in [0.05, 0.1) is 22.7 Å². The van der Waals surface area contributed by atoms with E-state index in [1.54, 1.807) is 7.11 Å². The zero-order valence-electron chi connectivity index (χ0n) is 10.8. The van der Waals surface area contributed by atoms with Crippen LogP contribution < -0.4 is 5.32 Å². The Labute approximate surface area is 116 Å². The van der Waals surface area contributed by atoms with E-state index >= 15 is 0 Å². The van der Waals surface area contributed by atoms with E-state index < -0.39 is 5.97 Å². The Kier molecular flexibility index (Phi) is 4.24. The second-order valence-electron chi connectivity index (χ2n) is 4.61. The highest BCUT2D eigenvalue weighted by atomic mass is 35.5. The Balaban J connectivity index is 2.13. The molecule has 1 aromatic rings. The number of carbonyl (C=O) groups is 1. The van der Waals surface area contributed by atoms with Crippen LogP contribution in [0.4, 0.5) is 5.82 Å². The van der Waals surface area contributed by atoms with Gasteiger partial charge in [-0.15, -0.1) is 0 Å². The number of carboxylic acid groups (broad SMARTS) is 1. The summed E-state index contributed by atoms with van der Waals surface area (Å²) in [7, 11) is 3.68. The number of ether oxygens (including phenoxy) is 1. The molecule has 0 aromatic carbocycles. The van der Waals surface area contributed by atoms with E-state index in [9.17, 15) is 4.79 Å². The number of methoxy groups -OCH3 is 1. The summed E-state index contributed by atoms with van der Waals surface area (Å²) in [4.78, 5) is 17.0. The number of carboxylic acids is 1. The van der Waals surface area contributed by atoms with Gasteiger partial charge < -0.3 is 20.1 Å². The maximum atomic E-state index is 10.8. The molecule has 1 fully saturated rings. The molecule has 6 nitrogen and oxygen atoms in total. The fraction of sp³-hybridized carbons (Fsp3) is 0.500. The number of likely N-dealkylation sites (N-methyl/N-ethyl adjacent to an activating group) is 1. The summed E-state index contributed by atoms with van der Waals surface area (Å²) in [6, 6.07) is 1.47. The van der Waals surface area contributed by atoms with E-state index in [1.165, 1.54) is 12.3 Å². The molecule has 0 bridgehead atoms. The molecule has 0 spiro atoms. The second-order valence-corrected chi connectivity index (χ2v) is 5.01. The third kappa shape index (κ3) is 3.15. The van der Waals surface area contributed by atoms with Crippen LogP contribution in [0.25, 0.3) is 0 Å². The van der Waals surface area contributed by atoms with Crippen molar-refractivity contribution in [2.45, 2.75) is 12.1 Å². The van der Waals surface area contributed by atoms with Crippen LogP contribution in [0.3, 0.4) is 0 Å². The molecule has 0 unspecified atom stereocenters. The molecule has 1 saturated heterocycles. The molecule has 0 amide bonds. The SMILES string of the molecule is CO[C@H]1CN(C)C[C@@H]1Nc1ncc(C(=O)O)cc1Cl. The number of rotatable bonds is 4. The van der Waals surface area contributed by atoms with Gasteiger partial charge in [-0.25, -0.2) is 9.78 Å². The summed E-state index contributed by atoms with van der Waals surface area (Å²) in [5, 5.41) is 12.4. The molecular weight excluding hydrogens is 270 g/mol. The van der Waals surface area contributed by atoms with Gasteiger partial charge in [0.15, 0.2) is 0 Å². The summed E-state index contributed by atoms with van der Waals surface area (Å²) >= 11 is 6.04. The molecule has 2 N–H and O–H groups in total. The van der Waals surface area contributed by atoms with E-state index in [0.717, 1.165) is 13.1 Å². The number of aromatic carboxylic acids is 1. The summed E-state index contributed by atoms with van der Waals surface area (Å²) in [6.45, 7) is 1.65. The Morgan fingerprint density at radius 2 is 2.37 bits per heavy atom. The predicted octanol–water partition coefficient (Wildman–Crippen LogP) is 1.17. The molecule has 19 heavy (non-hydrogen) atoms. The zero-order valence-corrected chi connectivity index (χ0v) is 11.5. The average Bonchev–Trinajstić information content (AvgIpc) is 2.71. The summed E-state index contributed by atoms with van der Waals surface area (Å²) < 4.78 is 5.40. The van der Waals surface area contributed by atoms with Gasteiger partial charge in [0.1, 0.15) is 5.82 Å². The maximum absolute atomic E-state index is 10.8. The first-order valence-electron chi connectivity index (χ1n) is 5.88. The highest BCUT2D eigenvalue weighted by molar-refractivity contribution is 6.33. The molecule has 1 aliphatic rings. The number of hydrogen-bond acceptors (Lipinski definition) is 5. The molecule has 1 aliphatic heterocycles. The minimum atomic E-state index is -1.05. The van der Waals surface area contributed by atoms with Crippen LogP contribution in [0, 0.1) is 0 Å². The first kappa shape index (κ1) is 14.0. The fourth-order valence-corrected chi connectivity index (χ4v) is 2.40. The Bertz CT molecular complexity index is 483.